The maximum Gasteiger partial charge on any atom is 0.281 e. The van der Waals surface area contributed by atoms with Crippen molar-refractivity contribution in [2.24, 2.45) is 0 Å². The number of hydrogen-bond acceptors (Lipinski definition) is 4. The van der Waals surface area contributed by atoms with E-state index in [1.54, 1.807) is 6.20 Å². The summed E-state index contributed by atoms with van der Waals surface area (Å²) in [6.45, 7) is 3.70. The maximum absolute atomic E-state index is 12.3. The van der Waals surface area contributed by atoms with Gasteiger partial charge in [0.05, 0.1) is 24.9 Å². The molecule has 0 spiro atoms. The second-order valence-corrected chi connectivity index (χ2v) is 6.81. The Morgan fingerprint density at radius 1 is 1.47 bits per heavy atom. The van der Waals surface area contributed by atoms with Gasteiger partial charge in [0.1, 0.15) is 0 Å². The van der Waals surface area contributed by atoms with Crippen LogP contribution in [-0.4, -0.2) is 60.2 Å². The molecule has 108 valence electrons. The SMILES string of the molecule is CCO[C@H]1CN(S(=O)(=O)N(C)C)Cc2ccnn2C1. The van der Waals surface area contributed by atoms with E-state index in [9.17, 15) is 8.42 Å². The summed E-state index contributed by atoms with van der Waals surface area (Å²) in [5.74, 6) is 0. The molecule has 1 aromatic rings. The third-order valence-corrected chi connectivity index (χ3v) is 4.97. The molecular weight excluding hydrogens is 268 g/mol. The predicted molar refractivity (Wildman–Crippen MR) is 70.7 cm³/mol. The molecule has 0 saturated heterocycles. The van der Waals surface area contributed by atoms with E-state index in [0.29, 0.717) is 26.2 Å². The average molecular weight is 288 g/mol. The highest BCUT2D eigenvalue weighted by molar-refractivity contribution is 7.86. The molecule has 1 aliphatic rings. The topological polar surface area (TPSA) is 67.7 Å². The van der Waals surface area contributed by atoms with Gasteiger partial charge in [-0.05, 0) is 13.0 Å². The number of aromatic nitrogens is 2. The lowest BCUT2D eigenvalue weighted by Gasteiger charge is -2.26. The van der Waals surface area contributed by atoms with E-state index in [4.69, 9.17) is 4.74 Å². The molecule has 0 N–H and O–H groups in total. The second-order valence-electron chi connectivity index (χ2n) is 4.66. The van der Waals surface area contributed by atoms with Crippen LogP contribution in [0.1, 0.15) is 12.6 Å². The Morgan fingerprint density at radius 3 is 2.84 bits per heavy atom. The normalized spacial score (nSPS) is 21.4. The first-order valence-corrected chi connectivity index (χ1v) is 7.64. The Hall–Kier alpha value is -0.960. The van der Waals surface area contributed by atoms with Crippen LogP contribution in [0.4, 0.5) is 0 Å². The van der Waals surface area contributed by atoms with Gasteiger partial charge in [0.15, 0.2) is 0 Å². The van der Waals surface area contributed by atoms with E-state index in [0.717, 1.165) is 5.69 Å². The Bertz CT molecular complexity index is 526. The summed E-state index contributed by atoms with van der Waals surface area (Å²) in [5.41, 5.74) is 0.882. The highest BCUT2D eigenvalue weighted by Crippen LogP contribution is 2.17. The fourth-order valence-electron chi connectivity index (χ4n) is 2.13. The zero-order valence-electron chi connectivity index (χ0n) is 11.5. The summed E-state index contributed by atoms with van der Waals surface area (Å²) in [7, 11) is -0.380. The first-order valence-electron chi connectivity index (χ1n) is 6.25. The highest BCUT2D eigenvalue weighted by Gasteiger charge is 2.31. The standard InChI is InChI=1S/C11H20N4O3S/c1-4-18-11-8-14(19(16,17)13(2)3)7-10-5-6-12-15(10)9-11/h5-6,11H,4,7-9H2,1-3H3/t11-/m0/s1. The third-order valence-electron chi connectivity index (χ3n) is 3.12. The molecule has 1 aliphatic heterocycles. The summed E-state index contributed by atoms with van der Waals surface area (Å²) < 4.78 is 34.7. The largest absolute Gasteiger partial charge is 0.375 e. The third kappa shape index (κ3) is 2.97. The summed E-state index contributed by atoms with van der Waals surface area (Å²) in [6, 6.07) is 1.84. The van der Waals surface area contributed by atoms with Crippen LogP contribution in [0.3, 0.4) is 0 Å². The number of nitrogens with zero attached hydrogens (tertiary/aromatic N) is 4. The second kappa shape index (κ2) is 5.58. The van der Waals surface area contributed by atoms with Crippen LogP contribution >= 0.6 is 0 Å². The van der Waals surface area contributed by atoms with Gasteiger partial charge in [0, 0.05) is 33.4 Å². The molecular formula is C11H20N4O3S. The molecule has 0 fully saturated rings. The maximum atomic E-state index is 12.3. The number of ether oxygens (including phenoxy) is 1. The van der Waals surface area contributed by atoms with Crippen molar-refractivity contribution >= 4 is 10.2 Å². The Kier molecular flexibility index (Phi) is 4.24. The van der Waals surface area contributed by atoms with E-state index >= 15 is 0 Å². The van der Waals surface area contributed by atoms with Crippen molar-refractivity contribution in [2.75, 3.05) is 27.2 Å². The van der Waals surface area contributed by atoms with Gasteiger partial charge in [-0.25, -0.2) is 0 Å². The molecule has 1 atom stereocenters. The first-order chi connectivity index (χ1) is 8.95. The van der Waals surface area contributed by atoms with Crippen LogP contribution in [-0.2, 0) is 28.0 Å². The van der Waals surface area contributed by atoms with E-state index < -0.39 is 10.2 Å². The Morgan fingerprint density at radius 2 is 2.21 bits per heavy atom. The zero-order chi connectivity index (χ0) is 14.0. The van der Waals surface area contributed by atoms with Crippen molar-refractivity contribution in [3.8, 4) is 0 Å². The number of hydrogen-bond donors (Lipinski definition) is 0. The van der Waals surface area contributed by atoms with Crippen molar-refractivity contribution in [3.63, 3.8) is 0 Å². The predicted octanol–water partition coefficient (Wildman–Crippen LogP) is -0.0898. The number of rotatable bonds is 4. The summed E-state index contributed by atoms with van der Waals surface area (Å²) >= 11 is 0. The van der Waals surface area contributed by atoms with Crippen LogP contribution < -0.4 is 0 Å². The molecule has 19 heavy (non-hydrogen) atoms. The summed E-state index contributed by atoms with van der Waals surface area (Å²) in [6.07, 6.45) is 1.50. The summed E-state index contributed by atoms with van der Waals surface area (Å²) in [5, 5.41) is 4.21. The quantitative estimate of drug-likeness (QED) is 0.776. The molecule has 0 aliphatic carbocycles. The molecule has 0 radical (unpaired) electrons. The molecule has 8 heteroatoms. The van der Waals surface area contributed by atoms with Gasteiger partial charge in [0.2, 0.25) is 0 Å². The van der Waals surface area contributed by atoms with Gasteiger partial charge in [-0.3, -0.25) is 4.68 Å². The van der Waals surface area contributed by atoms with Crippen molar-refractivity contribution in [1.29, 1.82) is 0 Å². The van der Waals surface area contributed by atoms with E-state index in [-0.39, 0.29) is 6.10 Å². The molecule has 2 heterocycles. The minimum absolute atomic E-state index is 0.180. The van der Waals surface area contributed by atoms with E-state index in [1.807, 2.05) is 17.7 Å². The molecule has 1 aromatic heterocycles. The van der Waals surface area contributed by atoms with Crippen molar-refractivity contribution in [2.45, 2.75) is 26.1 Å². The van der Waals surface area contributed by atoms with Crippen LogP contribution in [0.15, 0.2) is 12.3 Å². The van der Waals surface area contributed by atoms with Gasteiger partial charge < -0.3 is 4.74 Å². The lowest BCUT2D eigenvalue weighted by atomic mass is 10.3. The Balaban J connectivity index is 2.30. The fourth-order valence-corrected chi connectivity index (χ4v) is 3.24. The minimum atomic E-state index is -3.45. The molecule has 0 amide bonds. The Labute approximate surface area is 113 Å². The smallest absolute Gasteiger partial charge is 0.281 e. The van der Waals surface area contributed by atoms with Crippen LogP contribution in [0.5, 0.6) is 0 Å². The van der Waals surface area contributed by atoms with E-state index in [1.165, 1.54) is 22.7 Å². The van der Waals surface area contributed by atoms with E-state index in [2.05, 4.69) is 5.10 Å². The highest BCUT2D eigenvalue weighted by atomic mass is 32.2. The molecule has 0 bridgehead atoms. The summed E-state index contributed by atoms with van der Waals surface area (Å²) in [4.78, 5) is 0. The first kappa shape index (κ1) is 14.4. The monoisotopic (exact) mass is 288 g/mol. The molecule has 2 rings (SSSR count). The minimum Gasteiger partial charge on any atom is -0.375 e. The fraction of sp³-hybridized carbons (Fsp3) is 0.727. The van der Waals surface area contributed by atoms with Crippen molar-refractivity contribution in [1.82, 2.24) is 18.4 Å². The molecule has 0 aromatic carbocycles. The average Bonchev–Trinajstić information content (AvgIpc) is 2.68. The van der Waals surface area contributed by atoms with Crippen LogP contribution in [0, 0.1) is 0 Å². The van der Waals surface area contributed by atoms with Crippen LogP contribution in [0.25, 0.3) is 0 Å². The zero-order valence-corrected chi connectivity index (χ0v) is 12.3. The van der Waals surface area contributed by atoms with Gasteiger partial charge in [0.25, 0.3) is 10.2 Å². The van der Waals surface area contributed by atoms with Gasteiger partial charge in [-0.15, -0.1) is 0 Å². The molecule has 7 nitrogen and oxygen atoms in total. The molecule has 0 saturated carbocycles. The van der Waals surface area contributed by atoms with Crippen LogP contribution in [0.2, 0.25) is 0 Å². The number of fused-ring (bicyclic) bond motifs is 1. The molecule has 0 unspecified atom stereocenters. The lowest BCUT2D eigenvalue weighted by molar-refractivity contribution is 0.0398. The lowest BCUT2D eigenvalue weighted by Crippen LogP contribution is -2.43. The van der Waals surface area contributed by atoms with Gasteiger partial charge in [-0.2, -0.15) is 22.1 Å². The van der Waals surface area contributed by atoms with Gasteiger partial charge in [-0.1, -0.05) is 0 Å². The van der Waals surface area contributed by atoms with Gasteiger partial charge >= 0.3 is 0 Å². The van der Waals surface area contributed by atoms with Crippen molar-refractivity contribution < 1.29 is 13.2 Å². The van der Waals surface area contributed by atoms with Crippen molar-refractivity contribution in [3.05, 3.63) is 18.0 Å².